The van der Waals surface area contributed by atoms with Crippen LogP contribution in [0.4, 0.5) is 0 Å². The summed E-state index contributed by atoms with van der Waals surface area (Å²) in [7, 11) is 0. The molecule has 11 heavy (non-hydrogen) atoms. The molecule has 0 spiro atoms. The molecular weight excluding hydrogens is 223 g/mol. The fourth-order valence-corrected chi connectivity index (χ4v) is 0.485. The van der Waals surface area contributed by atoms with E-state index in [-0.39, 0.29) is 38.4 Å². The largest absolute Gasteiger partial charge is 0.480 e. The standard InChI is InChI=1S/C6H6NO3.Y/c1-2-9-6(8)5-3-4-10-7-5;/h3H,2H2,1H3;/q-1;. The zero-order valence-electron chi connectivity index (χ0n) is 6.03. The molecule has 0 aliphatic carbocycles. The summed E-state index contributed by atoms with van der Waals surface area (Å²) in [5.41, 5.74) is 0.154. The molecule has 0 saturated heterocycles. The maximum Gasteiger partial charge on any atom is 0.275 e. The van der Waals surface area contributed by atoms with Gasteiger partial charge in [-0.1, -0.05) is 0 Å². The van der Waals surface area contributed by atoms with E-state index in [0.717, 1.165) is 0 Å². The third-order valence-corrected chi connectivity index (χ3v) is 0.877. The number of rotatable bonds is 2. The van der Waals surface area contributed by atoms with Crippen molar-refractivity contribution >= 4 is 5.97 Å². The fourth-order valence-electron chi connectivity index (χ4n) is 0.485. The summed E-state index contributed by atoms with van der Waals surface area (Å²) in [4.78, 5) is 10.7. The normalized spacial score (nSPS) is 8.45. The van der Waals surface area contributed by atoms with Crippen LogP contribution in [0.25, 0.3) is 0 Å². The van der Waals surface area contributed by atoms with Crippen molar-refractivity contribution in [1.82, 2.24) is 5.16 Å². The van der Waals surface area contributed by atoms with E-state index in [9.17, 15) is 4.79 Å². The van der Waals surface area contributed by atoms with Crippen molar-refractivity contribution < 1.29 is 46.8 Å². The van der Waals surface area contributed by atoms with Gasteiger partial charge in [0.05, 0.1) is 6.61 Å². The minimum atomic E-state index is -0.479. The SMILES string of the molecule is CCOC(=O)c1c[c-]on1.[Y]. The number of ether oxygens (including phenoxy) is 1. The van der Waals surface area contributed by atoms with Gasteiger partial charge in [-0.15, -0.1) is 0 Å². The van der Waals surface area contributed by atoms with Crippen LogP contribution in [0, 0.1) is 6.26 Å². The predicted molar refractivity (Wildman–Crippen MR) is 31.3 cm³/mol. The van der Waals surface area contributed by atoms with Crippen LogP contribution in [0.3, 0.4) is 0 Å². The number of carbonyl (C=O) groups excluding carboxylic acids is 1. The van der Waals surface area contributed by atoms with E-state index in [4.69, 9.17) is 0 Å². The van der Waals surface area contributed by atoms with Crippen molar-refractivity contribution in [3.63, 3.8) is 0 Å². The van der Waals surface area contributed by atoms with Crippen LogP contribution in [0.5, 0.6) is 0 Å². The molecule has 0 amide bonds. The van der Waals surface area contributed by atoms with Gasteiger partial charge in [0.1, 0.15) is 0 Å². The molecule has 1 heterocycles. The van der Waals surface area contributed by atoms with Gasteiger partial charge in [-0.05, 0) is 13.2 Å². The molecule has 4 nitrogen and oxygen atoms in total. The Labute approximate surface area is 89.2 Å². The molecule has 0 N–H and O–H groups in total. The van der Waals surface area contributed by atoms with Crippen LogP contribution >= 0.6 is 0 Å². The summed E-state index contributed by atoms with van der Waals surface area (Å²) in [6.45, 7) is 2.06. The molecule has 0 unspecified atom stereocenters. The van der Waals surface area contributed by atoms with E-state index < -0.39 is 5.97 Å². The summed E-state index contributed by atoms with van der Waals surface area (Å²) in [5.74, 6) is -0.479. The second-order valence-electron chi connectivity index (χ2n) is 1.55. The van der Waals surface area contributed by atoms with Crippen molar-refractivity contribution in [1.29, 1.82) is 0 Å². The van der Waals surface area contributed by atoms with Gasteiger partial charge >= 0.3 is 0 Å². The molecule has 0 bridgehead atoms. The summed E-state index contributed by atoms with van der Waals surface area (Å²) in [6.07, 6.45) is 2.28. The monoisotopic (exact) mass is 229 g/mol. The molecule has 0 saturated carbocycles. The summed E-state index contributed by atoms with van der Waals surface area (Å²) in [6, 6.07) is 1.33. The van der Waals surface area contributed by atoms with E-state index in [1.165, 1.54) is 6.07 Å². The second kappa shape index (κ2) is 5.44. The number of hydrogen-bond acceptors (Lipinski definition) is 4. The average Bonchev–Trinajstić information content (AvgIpc) is 2.38. The van der Waals surface area contributed by atoms with Crippen LogP contribution in [-0.2, 0) is 37.4 Å². The van der Waals surface area contributed by atoms with Crippen LogP contribution < -0.4 is 0 Å². The maximum absolute atomic E-state index is 10.7. The Morgan fingerprint density at radius 2 is 2.64 bits per heavy atom. The third kappa shape index (κ3) is 3.12. The van der Waals surface area contributed by atoms with E-state index in [2.05, 4.69) is 20.7 Å². The first-order valence-corrected chi connectivity index (χ1v) is 2.84. The average molecular weight is 229 g/mol. The van der Waals surface area contributed by atoms with E-state index >= 15 is 0 Å². The molecule has 0 aromatic carbocycles. The first kappa shape index (κ1) is 10.8. The minimum absolute atomic E-state index is 0. The van der Waals surface area contributed by atoms with E-state index in [1.54, 1.807) is 6.92 Å². The van der Waals surface area contributed by atoms with Gasteiger partial charge in [0, 0.05) is 38.4 Å². The van der Waals surface area contributed by atoms with Crippen LogP contribution in [0.1, 0.15) is 17.4 Å². The molecular formula is C6H6NO3Y-. The number of aromatic nitrogens is 1. The topological polar surface area (TPSA) is 52.3 Å². The number of hydrogen-bond donors (Lipinski definition) is 0. The van der Waals surface area contributed by atoms with Crippen molar-refractivity contribution in [2.75, 3.05) is 6.61 Å². The van der Waals surface area contributed by atoms with Crippen LogP contribution in [0.2, 0.25) is 0 Å². The van der Waals surface area contributed by atoms with Crippen LogP contribution in [-0.4, -0.2) is 17.7 Å². The molecule has 0 aliphatic rings. The van der Waals surface area contributed by atoms with Gasteiger partial charge < -0.3 is 9.26 Å². The first-order valence-electron chi connectivity index (χ1n) is 2.84. The quantitative estimate of drug-likeness (QED) is 0.551. The molecule has 0 fully saturated rings. The van der Waals surface area contributed by atoms with Crippen molar-refractivity contribution in [2.45, 2.75) is 6.92 Å². The van der Waals surface area contributed by atoms with Crippen molar-refractivity contribution in [3.8, 4) is 0 Å². The smallest absolute Gasteiger partial charge is 0.275 e. The maximum atomic E-state index is 10.7. The molecule has 0 aliphatic heterocycles. The third-order valence-electron chi connectivity index (χ3n) is 0.877. The zero-order valence-corrected chi connectivity index (χ0v) is 8.87. The van der Waals surface area contributed by atoms with Crippen LogP contribution in [0.15, 0.2) is 10.6 Å². The summed E-state index contributed by atoms with van der Waals surface area (Å²) < 4.78 is 8.91. The Hall–Kier alpha value is -0.216. The molecule has 1 rings (SSSR count). The zero-order chi connectivity index (χ0) is 7.40. The Kier molecular flexibility index (Phi) is 5.33. The first-order chi connectivity index (χ1) is 4.84. The van der Waals surface area contributed by atoms with Crippen molar-refractivity contribution in [2.24, 2.45) is 0 Å². The Morgan fingerprint density at radius 3 is 3.09 bits per heavy atom. The fraction of sp³-hybridized carbons (Fsp3) is 0.333. The molecule has 1 aromatic heterocycles. The van der Waals surface area contributed by atoms with Gasteiger partial charge in [-0.2, -0.15) is 11.2 Å². The Balaban J connectivity index is 0.000001000. The van der Waals surface area contributed by atoms with E-state index in [1.807, 2.05) is 0 Å². The predicted octanol–water partition coefficient (Wildman–Crippen LogP) is 0.649. The number of nitrogens with zero attached hydrogens (tertiary/aromatic N) is 1. The van der Waals surface area contributed by atoms with Gasteiger partial charge in [0.25, 0.3) is 5.97 Å². The van der Waals surface area contributed by atoms with Gasteiger partial charge in [-0.3, -0.25) is 4.79 Å². The second-order valence-corrected chi connectivity index (χ2v) is 1.55. The molecule has 1 radical (unpaired) electrons. The molecule has 57 valence electrons. The Morgan fingerprint density at radius 1 is 1.91 bits per heavy atom. The van der Waals surface area contributed by atoms with Gasteiger partial charge in [0.2, 0.25) is 0 Å². The number of carbonyl (C=O) groups is 1. The minimum Gasteiger partial charge on any atom is -0.480 e. The summed E-state index contributed by atoms with van der Waals surface area (Å²) in [5, 5.41) is 3.33. The summed E-state index contributed by atoms with van der Waals surface area (Å²) >= 11 is 0. The van der Waals surface area contributed by atoms with Gasteiger partial charge in [-0.25, -0.2) is 0 Å². The molecule has 0 atom stereocenters. The Bertz CT molecular complexity index is 210. The molecule has 1 aromatic rings. The van der Waals surface area contributed by atoms with Crippen molar-refractivity contribution in [3.05, 3.63) is 18.0 Å². The van der Waals surface area contributed by atoms with E-state index in [0.29, 0.717) is 6.61 Å². The number of esters is 1. The van der Waals surface area contributed by atoms with Gasteiger partial charge in [0.15, 0.2) is 0 Å². The molecule has 5 heteroatoms.